The molecule has 20 heavy (non-hydrogen) atoms. The number of carbonyl (C=O) groups excluding carboxylic acids is 2. The fourth-order valence-electron chi connectivity index (χ4n) is 1.63. The third-order valence-electron chi connectivity index (χ3n) is 2.60. The molecule has 1 aliphatic heterocycles. The molecule has 0 spiro atoms. The lowest BCUT2D eigenvalue weighted by Gasteiger charge is -2.10. The quantitative estimate of drug-likeness (QED) is 0.688. The third-order valence-corrected chi connectivity index (χ3v) is 2.81. The van der Waals surface area contributed by atoms with Gasteiger partial charge in [0.1, 0.15) is 0 Å². The first kappa shape index (κ1) is 13.9. The molecule has 2 rings (SSSR count). The number of benzene rings is 1. The number of rotatable bonds is 3. The zero-order valence-electron chi connectivity index (χ0n) is 10.4. The highest BCUT2D eigenvalue weighted by atomic mass is 32.1. The van der Waals surface area contributed by atoms with E-state index in [1.807, 2.05) is 6.07 Å². The van der Waals surface area contributed by atoms with Gasteiger partial charge in [-0.15, -0.1) is 0 Å². The topological polar surface area (TPSA) is 96.6 Å². The highest BCUT2D eigenvalue weighted by Crippen LogP contribution is 2.06. The van der Waals surface area contributed by atoms with Gasteiger partial charge in [0.15, 0.2) is 5.11 Å². The number of aliphatic imine (C=N–C) groups is 1. The maximum absolute atomic E-state index is 11.9. The lowest BCUT2D eigenvalue weighted by molar-refractivity contribution is -0.114. The summed E-state index contributed by atoms with van der Waals surface area (Å²) < 4.78 is 0. The van der Waals surface area contributed by atoms with Gasteiger partial charge in [-0.05, 0) is 24.4 Å². The second-order valence-electron chi connectivity index (χ2n) is 4.00. The number of carbonyl (C=O) groups is 2. The van der Waals surface area contributed by atoms with Crippen molar-refractivity contribution >= 4 is 35.4 Å². The third kappa shape index (κ3) is 3.27. The molecule has 1 aromatic carbocycles. The molecule has 7 heteroatoms. The van der Waals surface area contributed by atoms with Crippen LogP contribution in [0.15, 0.2) is 46.6 Å². The molecule has 0 atom stereocenters. The minimum Gasteiger partial charge on any atom is -0.366 e. The number of allylic oxidation sites excluding steroid dienone is 1. The lowest BCUT2D eigenvalue weighted by Crippen LogP contribution is -2.39. The van der Waals surface area contributed by atoms with E-state index < -0.39 is 5.91 Å². The summed E-state index contributed by atoms with van der Waals surface area (Å²) in [5, 5.41) is 5.34. The molecule has 2 amide bonds. The molecule has 1 aromatic rings. The number of nitrogens with zero attached hydrogens (tertiary/aromatic N) is 1. The first-order valence-corrected chi connectivity index (χ1v) is 6.19. The number of hydrogen-bond acceptors (Lipinski definition) is 4. The SMILES string of the molecule is NC(=O)C1=C(NC(=S)NC(=O)c2ccccc2)C=NC1. The summed E-state index contributed by atoms with van der Waals surface area (Å²) in [4.78, 5) is 26.9. The van der Waals surface area contributed by atoms with Crippen molar-refractivity contribution in [2.75, 3.05) is 6.54 Å². The van der Waals surface area contributed by atoms with Crippen LogP contribution in [0, 0.1) is 0 Å². The van der Waals surface area contributed by atoms with Gasteiger partial charge in [-0.25, -0.2) is 0 Å². The minimum atomic E-state index is -0.567. The van der Waals surface area contributed by atoms with Crippen LogP contribution in [0.5, 0.6) is 0 Å². The molecule has 0 aliphatic carbocycles. The van der Waals surface area contributed by atoms with Gasteiger partial charge in [-0.2, -0.15) is 0 Å². The van der Waals surface area contributed by atoms with Crippen LogP contribution in [-0.2, 0) is 4.79 Å². The average molecular weight is 288 g/mol. The summed E-state index contributed by atoms with van der Waals surface area (Å²) in [6.45, 7) is 0.215. The predicted octanol–water partition coefficient (Wildman–Crippen LogP) is 0.115. The van der Waals surface area contributed by atoms with E-state index in [0.717, 1.165) is 0 Å². The highest BCUT2D eigenvalue weighted by molar-refractivity contribution is 7.80. The van der Waals surface area contributed by atoms with Gasteiger partial charge >= 0.3 is 0 Å². The van der Waals surface area contributed by atoms with Gasteiger partial charge in [0.05, 0.1) is 17.8 Å². The van der Waals surface area contributed by atoms with Crippen LogP contribution in [0.3, 0.4) is 0 Å². The van der Waals surface area contributed by atoms with Crippen LogP contribution in [0.25, 0.3) is 0 Å². The van der Waals surface area contributed by atoms with Crippen molar-refractivity contribution in [1.82, 2.24) is 10.6 Å². The molecule has 6 nitrogen and oxygen atoms in total. The molecule has 0 fully saturated rings. The van der Waals surface area contributed by atoms with Gasteiger partial charge in [0, 0.05) is 11.8 Å². The largest absolute Gasteiger partial charge is 0.366 e. The molecule has 0 saturated heterocycles. The zero-order valence-corrected chi connectivity index (χ0v) is 11.2. The molecule has 1 aliphatic rings. The Morgan fingerprint density at radius 3 is 2.60 bits per heavy atom. The lowest BCUT2D eigenvalue weighted by atomic mass is 10.2. The van der Waals surface area contributed by atoms with Gasteiger partial charge in [-0.3, -0.25) is 19.9 Å². The second kappa shape index (κ2) is 6.07. The highest BCUT2D eigenvalue weighted by Gasteiger charge is 2.17. The number of nitrogens with one attached hydrogen (secondary N) is 2. The molecule has 0 bridgehead atoms. The monoisotopic (exact) mass is 288 g/mol. The Morgan fingerprint density at radius 1 is 1.25 bits per heavy atom. The summed E-state index contributed by atoms with van der Waals surface area (Å²) in [6, 6.07) is 8.66. The first-order valence-electron chi connectivity index (χ1n) is 5.78. The van der Waals surface area contributed by atoms with Gasteiger partial charge < -0.3 is 11.1 Å². The summed E-state index contributed by atoms with van der Waals surface area (Å²) in [6.07, 6.45) is 1.46. The Kier molecular flexibility index (Phi) is 4.21. The van der Waals surface area contributed by atoms with Crippen LogP contribution in [-0.4, -0.2) is 29.7 Å². The smallest absolute Gasteiger partial charge is 0.257 e. The molecule has 102 valence electrons. The van der Waals surface area contributed by atoms with E-state index in [1.165, 1.54) is 6.21 Å². The van der Waals surface area contributed by atoms with Crippen molar-refractivity contribution in [2.24, 2.45) is 10.7 Å². The maximum Gasteiger partial charge on any atom is 0.257 e. The molecular formula is C13H12N4O2S. The van der Waals surface area contributed by atoms with Crippen molar-refractivity contribution in [3.8, 4) is 0 Å². The number of primary amides is 1. The van der Waals surface area contributed by atoms with Crippen molar-refractivity contribution in [3.63, 3.8) is 0 Å². The summed E-state index contributed by atoms with van der Waals surface area (Å²) in [7, 11) is 0. The molecular weight excluding hydrogens is 276 g/mol. The Bertz CT molecular complexity index is 623. The van der Waals surface area contributed by atoms with Gasteiger partial charge in [0.2, 0.25) is 5.91 Å². The van der Waals surface area contributed by atoms with Crippen LogP contribution >= 0.6 is 12.2 Å². The molecule has 0 aromatic heterocycles. The van der Waals surface area contributed by atoms with E-state index in [1.54, 1.807) is 24.3 Å². The van der Waals surface area contributed by atoms with Crippen LogP contribution in [0.2, 0.25) is 0 Å². The van der Waals surface area contributed by atoms with Crippen LogP contribution < -0.4 is 16.4 Å². The van der Waals surface area contributed by atoms with Crippen LogP contribution in [0.4, 0.5) is 0 Å². The van der Waals surface area contributed by atoms with Crippen molar-refractivity contribution in [3.05, 3.63) is 47.2 Å². The molecule has 4 N–H and O–H groups in total. The fraction of sp³-hybridized carbons (Fsp3) is 0.0769. The maximum atomic E-state index is 11.9. The van der Waals surface area contributed by atoms with Crippen molar-refractivity contribution in [2.45, 2.75) is 0 Å². The summed E-state index contributed by atoms with van der Waals surface area (Å²) in [5.41, 5.74) is 6.44. The molecule has 0 unspecified atom stereocenters. The normalized spacial score (nSPS) is 13.2. The molecule has 0 radical (unpaired) electrons. The van der Waals surface area contributed by atoms with E-state index in [-0.39, 0.29) is 17.6 Å². The zero-order chi connectivity index (χ0) is 14.5. The number of amides is 2. The van der Waals surface area contributed by atoms with Gasteiger partial charge in [0.25, 0.3) is 5.91 Å². The van der Waals surface area contributed by atoms with E-state index in [9.17, 15) is 9.59 Å². The number of nitrogens with two attached hydrogens (primary N) is 1. The fourth-order valence-corrected chi connectivity index (χ4v) is 1.83. The second-order valence-corrected chi connectivity index (χ2v) is 4.41. The number of thiocarbonyl (C=S) groups is 1. The Balaban J connectivity index is 2.00. The van der Waals surface area contributed by atoms with Gasteiger partial charge in [-0.1, -0.05) is 18.2 Å². The summed E-state index contributed by atoms with van der Waals surface area (Å²) >= 11 is 5.02. The van der Waals surface area contributed by atoms with Crippen molar-refractivity contribution in [1.29, 1.82) is 0 Å². The number of hydrogen-bond donors (Lipinski definition) is 3. The predicted molar refractivity (Wildman–Crippen MR) is 79.2 cm³/mol. The van der Waals surface area contributed by atoms with E-state index >= 15 is 0 Å². The molecule has 1 heterocycles. The summed E-state index contributed by atoms with van der Waals surface area (Å²) in [5.74, 6) is -0.901. The molecule has 0 saturated carbocycles. The first-order chi connectivity index (χ1) is 9.58. The minimum absolute atomic E-state index is 0.0842. The Labute approximate surface area is 120 Å². The standard InChI is InChI=1S/C13H12N4O2S/c14-11(18)9-6-15-7-10(9)16-13(20)17-12(19)8-4-2-1-3-5-8/h1-5,7H,6H2,(H2,14,18)(H2,16,17,19,20). The Hall–Kier alpha value is -2.54. The van der Waals surface area contributed by atoms with E-state index in [0.29, 0.717) is 16.8 Å². The van der Waals surface area contributed by atoms with E-state index in [4.69, 9.17) is 18.0 Å². The van der Waals surface area contributed by atoms with Crippen LogP contribution in [0.1, 0.15) is 10.4 Å². The average Bonchev–Trinajstić information content (AvgIpc) is 2.87. The van der Waals surface area contributed by atoms with Crippen molar-refractivity contribution < 1.29 is 9.59 Å². The van der Waals surface area contributed by atoms with E-state index in [2.05, 4.69) is 15.6 Å². The Morgan fingerprint density at radius 2 is 1.95 bits per heavy atom.